The first-order chi connectivity index (χ1) is 14.8. The molecule has 2 aliphatic heterocycles. The molecule has 1 aromatic rings. The van der Waals surface area contributed by atoms with E-state index < -0.39 is 37.3 Å². The monoisotopic (exact) mass is 434 g/mol. The molecule has 0 aromatic heterocycles. The van der Waals surface area contributed by atoms with E-state index in [2.05, 4.69) is 0 Å². The first-order valence-electron chi connectivity index (χ1n) is 9.43. The molecule has 1 saturated heterocycles. The van der Waals surface area contributed by atoms with Gasteiger partial charge in [-0.25, -0.2) is 0 Å². The van der Waals surface area contributed by atoms with Crippen LogP contribution in [0.4, 0.5) is 0 Å². The van der Waals surface area contributed by atoms with E-state index in [4.69, 9.17) is 18.9 Å². The SMILES string of the molecule is COc1cc(C2=C(OC3OC(CO)C(O)C3O)C=C3C(O)=CC(O)=CC3O2)ccc1O. The first-order valence-corrected chi connectivity index (χ1v) is 9.43. The molecule has 10 nitrogen and oxygen atoms in total. The first kappa shape index (κ1) is 21.1. The van der Waals surface area contributed by atoms with Gasteiger partial charge < -0.3 is 49.6 Å². The Morgan fingerprint density at radius 1 is 1.06 bits per heavy atom. The highest BCUT2D eigenvalue weighted by atomic mass is 16.7. The van der Waals surface area contributed by atoms with Crippen molar-refractivity contribution in [2.24, 2.45) is 0 Å². The van der Waals surface area contributed by atoms with Crippen molar-refractivity contribution in [1.82, 2.24) is 0 Å². The molecule has 0 spiro atoms. The number of aromatic hydroxyl groups is 1. The average molecular weight is 434 g/mol. The van der Waals surface area contributed by atoms with E-state index in [0.717, 1.165) is 6.08 Å². The molecule has 5 unspecified atom stereocenters. The van der Waals surface area contributed by atoms with Gasteiger partial charge in [0.05, 0.1) is 13.7 Å². The summed E-state index contributed by atoms with van der Waals surface area (Å²) in [7, 11) is 1.38. The van der Waals surface area contributed by atoms with Crippen molar-refractivity contribution >= 4 is 5.76 Å². The fourth-order valence-electron chi connectivity index (χ4n) is 3.51. The summed E-state index contributed by atoms with van der Waals surface area (Å²) in [5, 5.41) is 59.5. The molecular weight excluding hydrogens is 412 g/mol. The Balaban J connectivity index is 1.77. The zero-order chi connectivity index (χ0) is 22.3. The lowest BCUT2D eigenvalue weighted by Crippen LogP contribution is -2.34. The fourth-order valence-corrected chi connectivity index (χ4v) is 3.51. The molecule has 0 saturated carbocycles. The number of allylic oxidation sites excluding steroid dienone is 2. The van der Waals surface area contributed by atoms with Gasteiger partial charge in [0.15, 0.2) is 23.0 Å². The Kier molecular flexibility index (Phi) is 5.54. The van der Waals surface area contributed by atoms with E-state index in [1.54, 1.807) is 0 Å². The molecule has 1 aliphatic carbocycles. The Hall–Kier alpha value is -3.18. The number of rotatable bonds is 5. The summed E-state index contributed by atoms with van der Waals surface area (Å²) in [6, 6.07) is 4.42. The zero-order valence-corrected chi connectivity index (χ0v) is 16.4. The Bertz CT molecular complexity index is 992. The highest BCUT2D eigenvalue weighted by molar-refractivity contribution is 5.70. The third-order valence-corrected chi connectivity index (χ3v) is 5.15. The average Bonchev–Trinajstić information content (AvgIpc) is 3.02. The summed E-state index contributed by atoms with van der Waals surface area (Å²) in [6.07, 6.45) is -2.03. The molecule has 1 fully saturated rings. The van der Waals surface area contributed by atoms with Gasteiger partial charge >= 0.3 is 0 Å². The van der Waals surface area contributed by atoms with Gasteiger partial charge in [-0.05, 0) is 24.3 Å². The number of fused-ring (bicyclic) bond motifs is 1. The Labute approximate surface area is 176 Å². The van der Waals surface area contributed by atoms with Crippen molar-refractivity contribution in [3.05, 3.63) is 64.8 Å². The van der Waals surface area contributed by atoms with Crippen LogP contribution in [0.25, 0.3) is 5.76 Å². The summed E-state index contributed by atoms with van der Waals surface area (Å²) in [6.45, 7) is -0.521. The van der Waals surface area contributed by atoms with E-state index in [0.29, 0.717) is 5.56 Å². The molecule has 10 heteroatoms. The van der Waals surface area contributed by atoms with Gasteiger partial charge in [-0.15, -0.1) is 0 Å². The Morgan fingerprint density at radius 3 is 2.52 bits per heavy atom. The zero-order valence-electron chi connectivity index (χ0n) is 16.4. The van der Waals surface area contributed by atoms with Crippen LogP contribution in [0.1, 0.15) is 5.56 Å². The molecule has 6 N–H and O–H groups in total. The predicted octanol–water partition coefficient (Wildman–Crippen LogP) is 0.748. The van der Waals surface area contributed by atoms with E-state index in [1.807, 2.05) is 0 Å². The number of methoxy groups -OCH3 is 1. The number of phenols is 1. The molecule has 1 aromatic carbocycles. The Morgan fingerprint density at radius 2 is 1.84 bits per heavy atom. The number of ether oxygens (including phenoxy) is 4. The summed E-state index contributed by atoms with van der Waals surface area (Å²) >= 11 is 0. The lowest BCUT2D eigenvalue weighted by molar-refractivity contribution is -0.145. The minimum Gasteiger partial charge on any atom is -0.508 e. The van der Waals surface area contributed by atoms with Crippen molar-refractivity contribution in [2.45, 2.75) is 30.7 Å². The molecule has 3 aliphatic rings. The van der Waals surface area contributed by atoms with Crippen molar-refractivity contribution in [1.29, 1.82) is 0 Å². The molecule has 0 amide bonds. The van der Waals surface area contributed by atoms with Gasteiger partial charge in [0.1, 0.15) is 35.9 Å². The number of hydrogen-bond acceptors (Lipinski definition) is 10. The van der Waals surface area contributed by atoms with Crippen molar-refractivity contribution in [3.8, 4) is 11.5 Å². The summed E-state index contributed by atoms with van der Waals surface area (Å²) in [4.78, 5) is 0. The number of benzene rings is 1. The highest BCUT2D eigenvalue weighted by Gasteiger charge is 2.45. The number of aliphatic hydroxyl groups is 5. The van der Waals surface area contributed by atoms with Gasteiger partial charge in [0.25, 0.3) is 0 Å². The summed E-state index contributed by atoms with van der Waals surface area (Å²) in [5.74, 6) is -0.169. The molecule has 5 atom stereocenters. The fraction of sp³-hybridized carbons (Fsp3) is 0.333. The molecule has 0 bridgehead atoms. The normalized spacial score (nSPS) is 30.1. The molecule has 166 valence electrons. The molecule has 2 heterocycles. The van der Waals surface area contributed by atoms with Gasteiger partial charge in [-0.3, -0.25) is 0 Å². The van der Waals surface area contributed by atoms with Gasteiger partial charge in [0.2, 0.25) is 6.29 Å². The second-order valence-corrected chi connectivity index (χ2v) is 7.16. The largest absolute Gasteiger partial charge is 0.508 e. The van der Waals surface area contributed by atoms with Crippen LogP contribution in [0.5, 0.6) is 11.5 Å². The van der Waals surface area contributed by atoms with E-state index in [-0.39, 0.29) is 40.1 Å². The van der Waals surface area contributed by atoms with E-state index >= 15 is 0 Å². The number of hydrogen-bond donors (Lipinski definition) is 6. The number of phenolic OH excluding ortho intramolecular Hbond substituents is 1. The van der Waals surface area contributed by atoms with Crippen molar-refractivity contribution < 1.29 is 49.6 Å². The maximum absolute atomic E-state index is 10.2. The lowest BCUT2D eigenvalue weighted by Gasteiger charge is -2.30. The van der Waals surface area contributed by atoms with Crippen LogP contribution in [0.2, 0.25) is 0 Å². The van der Waals surface area contributed by atoms with Crippen LogP contribution in [0, 0.1) is 0 Å². The predicted molar refractivity (Wildman–Crippen MR) is 105 cm³/mol. The van der Waals surface area contributed by atoms with Gasteiger partial charge in [-0.2, -0.15) is 0 Å². The van der Waals surface area contributed by atoms with Gasteiger partial charge in [-0.1, -0.05) is 0 Å². The second-order valence-electron chi connectivity index (χ2n) is 7.16. The minimum atomic E-state index is -1.45. The number of aliphatic hydroxyl groups excluding tert-OH is 5. The third kappa shape index (κ3) is 3.81. The quantitative estimate of drug-likeness (QED) is 0.390. The van der Waals surface area contributed by atoms with Crippen molar-refractivity contribution in [3.63, 3.8) is 0 Å². The molecule has 4 rings (SSSR count). The highest BCUT2D eigenvalue weighted by Crippen LogP contribution is 2.39. The van der Waals surface area contributed by atoms with Crippen LogP contribution in [0.15, 0.2) is 59.3 Å². The maximum atomic E-state index is 10.2. The van der Waals surface area contributed by atoms with Crippen LogP contribution in [-0.2, 0) is 14.2 Å². The standard InChI is InChI=1S/C21H22O10/c1-28-15-4-9(2-3-12(15)24)20-16(30-21-19(27)18(26)17(8-22)31-21)7-11-13(25)5-10(23)6-14(11)29-20/h2-7,14,17-19,21-27H,8H2,1H3. The second kappa shape index (κ2) is 8.16. The van der Waals surface area contributed by atoms with Crippen LogP contribution in [-0.4, -0.2) is 75.1 Å². The third-order valence-electron chi connectivity index (χ3n) is 5.15. The maximum Gasteiger partial charge on any atom is 0.229 e. The summed E-state index contributed by atoms with van der Waals surface area (Å²) < 4.78 is 22.2. The molecule has 31 heavy (non-hydrogen) atoms. The van der Waals surface area contributed by atoms with Crippen LogP contribution >= 0.6 is 0 Å². The lowest BCUT2D eigenvalue weighted by atomic mass is 9.97. The van der Waals surface area contributed by atoms with Crippen LogP contribution in [0.3, 0.4) is 0 Å². The topological polar surface area (TPSA) is 158 Å². The minimum absolute atomic E-state index is 0.0450. The summed E-state index contributed by atoms with van der Waals surface area (Å²) in [5.41, 5.74) is 0.711. The van der Waals surface area contributed by atoms with E-state index in [9.17, 15) is 30.6 Å². The van der Waals surface area contributed by atoms with Crippen molar-refractivity contribution in [2.75, 3.05) is 13.7 Å². The van der Waals surface area contributed by atoms with E-state index in [1.165, 1.54) is 37.5 Å². The molecule has 0 radical (unpaired) electrons. The smallest absolute Gasteiger partial charge is 0.229 e. The van der Waals surface area contributed by atoms with Crippen LogP contribution < -0.4 is 4.74 Å². The van der Waals surface area contributed by atoms with Gasteiger partial charge in [0, 0.05) is 23.3 Å². The molecular formula is C21H22O10.